The van der Waals surface area contributed by atoms with Crippen molar-refractivity contribution in [2.45, 2.75) is 25.7 Å². The van der Waals surface area contributed by atoms with Crippen molar-refractivity contribution in [1.82, 2.24) is 5.32 Å². The number of rotatable bonds is 6. The summed E-state index contributed by atoms with van der Waals surface area (Å²) in [5.41, 5.74) is 0.988. The van der Waals surface area contributed by atoms with Crippen LogP contribution in [0.25, 0.3) is 10.1 Å². The van der Waals surface area contributed by atoms with E-state index < -0.39 is 12.6 Å². The van der Waals surface area contributed by atoms with Crippen LogP contribution in [0.3, 0.4) is 0 Å². The number of halogens is 3. The fourth-order valence-electron chi connectivity index (χ4n) is 1.97. The van der Waals surface area contributed by atoms with Crippen LogP contribution in [-0.4, -0.2) is 19.8 Å². The topological polar surface area (TPSA) is 21.3 Å². The Morgan fingerprint density at radius 1 is 1.25 bits per heavy atom. The Balaban J connectivity index is 2.09. The summed E-state index contributed by atoms with van der Waals surface area (Å²) in [6.07, 6.45) is -5.07. The first kappa shape index (κ1) is 15.3. The second-order valence-corrected chi connectivity index (χ2v) is 5.58. The van der Waals surface area contributed by atoms with Crippen LogP contribution in [0.4, 0.5) is 13.2 Å². The normalized spacial score (nSPS) is 12.2. The zero-order valence-corrected chi connectivity index (χ0v) is 11.9. The van der Waals surface area contributed by atoms with Gasteiger partial charge in [-0.15, -0.1) is 11.3 Å². The van der Waals surface area contributed by atoms with Crippen LogP contribution in [0.1, 0.15) is 16.9 Å². The predicted octanol–water partition coefficient (Wildman–Crippen LogP) is 4.09. The van der Waals surface area contributed by atoms with Gasteiger partial charge >= 0.3 is 6.18 Å². The zero-order valence-electron chi connectivity index (χ0n) is 11.1. The van der Waals surface area contributed by atoms with E-state index in [1.807, 2.05) is 31.3 Å². The summed E-state index contributed by atoms with van der Waals surface area (Å²) in [7, 11) is 1.85. The minimum absolute atomic E-state index is 0.219. The molecular formula is C14H16F3NOS. The zero-order chi connectivity index (χ0) is 14.6. The molecule has 0 aliphatic rings. The molecule has 1 heterocycles. The molecule has 1 N–H and O–H groups in total. The maximum absolute atomic E-state index is 12.1. The minimum Gasteiger partial charge on any atom is -0.376 e. The number of ether oxygens (including phenoxy) is 1. The molecule has 0 unspecified atom stereocenters. The van der Waals surface area contributed by atoms with Gasteiger partial charge in [-0.05, 0) is 18.5 Å². The lowest BCUT2D eigenvalue weighted by molar-refractivity contribution is -0.146. The number of benzene rings is 1. The molecule has 2 rings (SSSR count). The van der Waals surface area contributed by atoms with Gasteiger partial charge in [-0.25, -0.2) is 0 Å². The van der Waals surface area contributed by atoms with Gasteiger partial charge in [0.1, 0.15) is 0 Å². The van der Waals surface area contributed by atoms with Crippen molar-refractivity contribution in [3.05, 3.63) is 34.7 Å². The molecule has 110 valence electrons. The second-order valence-electron chi connectivity index (χ2n) is 4.45. The molecule has 1 aromatic heterocycles. The number of alkyl halides is 3. The van der Waals surface area contributed by atoms with Crippen LogP contribution in [0.5, 0.6) is 0 Å². The Kier molecular flexibility index (Phi) is 5.01. The fourth-order valence-corrected chi connectivity index (χ4v) is 3.20. The highest BCUT2D eigenvalue weighted by atomic mass is 32.1. The van der Waals surface area contributed by atoms with Gasteiger partial charge in [0.15, 0.2) is 0 Å². The maximum atomic E-state index is 12.1. The van der Waals surface area contributed by atoms with Crippen molar-refractivity contribution in [2.24, 2.45) is 0 Å². The van der Waals surface area contributed by atoms with Gasteiger partial charge in [-0.3, -0.25) is 0 Å². The quantitative estimate of drug-likeness (QED) is 0.812. The van der Waals surface area contributed by atoms with E-state index in [0.29, 0.717) is 6.54 Å². The van der Waals surface area contributed by atoms with Crippen molar-refractivity contribution >= 4 is 21.4 Å². The summed E-state index contributed by atoms with van der Waals surface area (Å²) in [6.45, 7) is 0.612. The summed E-state index contributed by atoms with van der Waals surface area (Å²) in [5.74, 6) is 0. The summed E-state index contributed by atoms with van der Waals surface area (Å²) in [6, 6.07) is 7.87. The number of fused-ring (bicyclic) bond motifs is 1. The van der Waals surface area contributed by atoms with Crippen molar-refractivity contribution in [2.75, 3.05) is 13.7 Å². The second kappa shape index (κ2) is 6.56. The highest BCUT2D eigenvalue weighted by Crippen LogP contribution is 2.32. The van der Waals surface area contributed by atoms with Crippen LogP contribution >= 0.6 is 11.3 Å². The molecule has 20 heavy (non-hydrogen) atoms. The van der Waals surface area contributed by atoms with E-state index >= 15 is 0 Å². The molecular weight excluding hydrogens is 287 g/mol. The third-order valence-electron chi connectivity index (χ3n) is 2.90. The molecule has 0 aliphatic carbocycles. The van der Waals surface area contributed by atoms with Gasteiger partial charge in [0.2, 0.25) is 0 Å². The first-order valence-electron chi connectivity index (χ1n) is 6.29. The van der Waals surface area contributed by atoms with E-state index in [2.05, 4.69) is 5.32 Å². The molecule has 0 bridgehead atoms. The Bertz CT molecular complexity index is 565. The molecule has 0 saturated heterocycles. The number of thiophene rings is 1. The van der Waals surface area contributed by atoms with E-state index in [9.17, 15) is 13.2 Å². The monoisotopic (exact) mass is 303 g/mol. The number of nitrogens with one attached hydrogen (secondary N) is 1. The van der Waals surface area contributed by atoms with Crippen LogP contribution in [0.2, 0.25) is 0 Å². The largest absolute Gasteiger partial charge is 0.391 e. The third-order valence-corrected chi connectivity index (χ3v) is 4.11. The molecule has 2 aromatic rings. The number of hydrogen-bond acceptors (Lipinski definition) is 3. The molecule has 1 aromatic carbocycles. The van der Waals surface area contributed by atoms with Crippen LogP contribution in [0, 0.1) is 0 Å². The SMILES string of the molecule is CNCc1sc2ccccc2c1COCCC(F)(F)F. The average Bonchev–Trinajstić information content (AvgIpc) is 2.72. The maximum Gasteiger partial charge on any atom is 0.391 e. The fraction of sp³-hybridized carbons (Fsp3) is 0.429. The van der Waals surface area contributed by atoms with Gasteiger partial charge in [-0.2, -0.15) is 13.2 Å². The summed E-state index contributed by atoms with van der Waals surface area (Å²) >= 11 is 1.65. The van der Waals surface area contributed by atoms with Crippen molar-refractivity contribution in [1.29, 1.82) is 0 Å². The molecule has 6 heteroatoms. The smallest absolute Gasteiger partial charge is 0.376 e. The van der Waals surface area contributed by atoms with Gasteiger partial charge < -0.3 is 10.1 Å². The summed E-state index contributed by atoms with van der Waals surface area (Å²) < 4.78 is 42.6. The number of hydrogen-bond donors (Lipinski definition) is 1. The van der Waals surface area contributed by atoms with E-state index in [1.54, 1.807) is 11.3 Å². The van der Waals surface area contributed by atoms with Gasteiger partial charge in [0.05, 0.1) is 19.6 Å². The van der Waals surface area contributed by atoms with E-state index in [1.165, 1.54) is 0 Å². The Labute approximate surface area is 119 Å². The molecule has 0 amide bonds. The van der Waals surface area contributed by atoms with Crippen molar-refractivity contribution < 1.29 is 17.9 Å². The molecule has 0 atom stereocenters. The Morgan fingerprint density at radius 2 is 2.00 bits per heavy atom. The first-order valence-corrected chi connectivity index (χ1v) is 7.11. The molecule has 0 radical (unpaired) electrons. The van der Waals surface area contributed by atoms with Crippen molar-refractivity contribution in [3.8, 4) is 0 Å². The molecule has 0 saturated carbocycles. The summed E-state index contributed by atoms with van der Waals surface area (Å²) in [5, 5.41) is 4.14. The molecule has 0 aliphatic heterocycles. The van der Waals surface area contributed by atoms with E-state index in [-0.39, 0.29) is 13.2 Å². The van der Waals surface area contributed by atoms with Gasteiger partial charge in [0, 0.05) is 21.7 Å². The van der Waals surface area contributed by atoms with E-state index in [0.717, 1.165) is 20.5 Å². The Hall–Kier alpha value is -1.11. The lowest BCUT2D eigenvalue weighted by atomic mass is 10.1. The van der Waals surface area contributed by atoms with Crippen LogP contribution < -0.4 is 5.32 Å². The molecule has 2 nitrogen and oxygen atoms in total. The lowest BCUT2D eigenvalue weighted by Gasteiger charge is -2.08. The first-order chi connectivity index (χ1) is 9.51. The van der Waals surface area contributed by atoms with Crippen LogP contribution in [-0.2, 0) is 17.9 Å². The lowest BCUT2D eigenvalue weighted by Crippen LogP contribution is -2.12. The predicted molar refractivity (Wildman–Crippen MR) is 74.9 cm³/mol. The van der Waals surface area contributed by atoms with E-state index in [4.69, 9.17) is 4.74 Å². The standard InChI is InChI=1S/C14H16F3NOS/c1-18-8-13-11(9-19-7-6-14(15,16)17)10-4-2-3-5-12(10)20-13/h2-5,18H,6-9H2,1H3. The van der Waals surface area contributed by atoms with Gasteiger partial charge in [0.25, 0.3) is 0 Å². The highest BCUT2D eigenvalue weighted by Gasteiger charge is 2.26. The highest BCUT2D eigenvalue weighted by molar-refractivity contribution is 7.19. The Morgan fingerprint density at radius 3 is 2.70 bits per heavy atom. The van der Waals surface area contributed by atoms with Crippen LogP contribution in [0.15, 0.2) is 24.3 Å². The molecule has 0 fully saturated rings. The minimum atomic E-state index is -4.16. The third kappa shape index (κ3) is 3.94. The van der Waals surface area contributed by atoms with Crippen molar-refractivity contribution in [3.63, 3.8) is 0 Å². The molecule has 0 spiro atoms. The van der Waals surface area contributed by atoms with Gasteiger partial charge in [-0.1, -0.05) is 18.2 Å². The summed E-state index contributed by atoms with van der Waals surface area (Å²) in [4.78, 5) is 1.11. The average molecular weight is 303 g/mol.